The fourth-order valence-electron chi connectivity index (χ4n) is 1.76. The summed E-state index contributed by atoms with van der Waals surface area (Å²) in [7, 11) is 0. The summed E-state index contributed by atoms with van der Waals surface area (Å²) in [4.78, 5) is 2.61. The van der Waals surface area contributed by atoms with E-state index in [0.29, 0.717) is 0 Å². The molecule has 2 fully saturated rings. The first-order chi connectivity index (χ1) is 4.97. The van der Waals surface area contributed by atoms with Gasteiger partial charge in [0.1, 0.15) is 0 Å². The van der Waals surface area contributed by atoms with Crippen molar-refractivity contribution in [3.8, 4) is 0 Å². The van der Waals surface area contributed by atoms with Gasteiger partial charge in [0.25, 0.3) is 0 Å². The Morgan fingerprint density at radius 2 is 1.70 bits per heavy atom. The standard InChI is InChI=1S/C8H15N2/c1-2-4-10(5-3-1)8-6-9-7-8/h8H,1-7H2. The van der Waals surface area contributed by atoms with Crippen molar-refractivity contribution in [2.24, 2.45) is 0 Å². The highest BCUT2D eigenvalue weighted by Crippen LogP contribution is 2.14. The Kier molecular flexibility index (Phi) is 1.91. The summed E-state index contributed by atoms with van der Waals surface area (Å²) in [5, 5.41) is 4.23. The lowest BCUT2D eigenvalue weighted by atomic mass is 10.1. The van der Waals surface area contributed by atoms with Crippen LogP contribution in [0.3, 0.4) is 0 Å². The maximum atomic E-state index is 4.23. The van der Waals surface area contributed by atoms with Crippen LogP contribution in [0.4, 0.5) is 0 Å². The Hall–Kier alpha value is -0.0800. The average molecular weight is 139 g/mol. The molecular formula is C8H15N2. The van der Waals surface area contributed by atoms with Crippen molar-refractivity contribution in [2.45, 2.75) is 25.3 Å². The maximum absolute atomic E-state index is 4.23. The van der Waals surface area contributed by atoms with E-state index in [1.807, 2.05) is 0 Å². The fraction of sp³-hybridized carbons (Fsp3) is 1.00. The molecule has 0 aromatic carbocycles. The smallest absolute Gasteiger partial charge is 0.0378 e. The molecule has 0 bridgehead atoms. The van der Waals surface area contributed by atoms with Gasteiger partial charge in [0.05, 0.1) is 0 Å². The third-order valence-electron chi connectivity index (χ3n) is 2.59. The minimum Gasteiger partial charge on any atom is -0.298 e. The van der Waals surface area contributed by atoms with Gasteiger partial charge in [-0.3, -0.25) is 4.90 Å². The van der Waals surface area contributed by atoms with Crippen LogP contribution in [0.2, 0.25) is 0 Å². The number of hydrogen-bond donors (Lipinski definition) is 0. The quantitative estimate of drug-likeness (QED) is 0.516. The van der Waals surface area contributed by atoms with Crippen LogP contribution in [0.1, 0.15) is 19.3 Å². The average Bonchev–Trinajstić information content (AvgIpc) is 1.86. The maximum Gasteiger partial charge on any atom is 0.0378 e. The van der Waals surface area contributed by atoms with E-state index in [4.69, 9.17) is 0 Å². The molecule has 0 aromatic rings. The Balaban J connectivity index is 1.78. The third kappa shape index (κ3) is 1.18. The minimum absolute atomic E-state index is 0.834. The number of nitrogens with zero attached hydrogens (tertiary/aromatic N) is 2. The Labute approximate surface area is 62.6 Å². The van der Waals surface area contributed by atoms with Crippen LogP contribution in [0, 0.1) is 0 Å². The lowest BCUT2D eigenvalue weighted by molar-refractivity contribution is 0.119. The second-order valence-corrected chi connectivity index (χ2v) is 3.34. The zero-order valence-corrected chi connectivity index (χ0v) is 6.42. The molecule has 0 saturated carbocycles. The predicted octanol–water partition coefficient (Wildman–Crippen LogP) is 0.459. The molecule has 2 saturated heterocycles. The molecular weight excluding hydrogens is 124 g/mol. The number of hydrogen-bond acceptors (Lipinski definition) is 1. The van der Waals surface area contributed by atoms with Gasteiger partial charge in [-0.15, -0.1) is 0 Å². The molecule has 2 heteroatoms. The summed E-state index contributed by atoms with van der Waals surface area (Å²) in [6.45, 7) is 4.89. The Bertz CT molecular complexity index is 104. The van der Waals surface area contributed by atoms with Crippen molar-refractivity contribution < 1.29 is 0 Å². The Morgan fingerprint density at radius 1 is 1.00 bits per heavy atom. The molecule has 2 rings (SSSR count). The zero-order valence-electron chi connectivity index (χ0n) is 6.42. The molecule has 2 nitrogen and oxygen atoms in total. The molecule has 0 unspecified atom stereocenters. The molecule has 10 heavy (non-hydrogen) atoms. The highest BCUT2D eigenvalue weighted by molar-refractivity contribution is 4.85. The van der Waals surface area contributed by atoms with Crippen molar-refractivity contribution >= 4 is 0 Å². The van der Waals surface area contributed by atoms with Gasteiger partial charge in [-0.05, 0) is 25.9 Å². The van der Waals surface area contributed by atoms with E-state index in [9.17, 15) is 0 Å². The summed E-state index contributed by atoms with van der Waals surface area (Å²) < 4.78 is 0. The van der Waals surface area contributed by atoms with E-state index in [-0.39, 0.29) is 0 Å². The summed E-state index contributed by atoms with van der Waals surface area (Å²) in [6, 6.07) is 0.834. The van der Waals surface area contributed by atoms with Crippen LogP contribution in [0.5, 0.6) is 0 Å². The van der Waals surface area contributed by atoms with Crippen LogP contribution in [0.25, 0.3) is 0 Å². The van der Waals surface area contributed by atoms with Crippen LogP contribution in [-0.4, -0.2) is 37.1 Å². The van der Waals surface area contributed by atoms with Crippen LogP contribution in [-0.2, 0) is 0 Å². The van der Waals surface area contributed by atoms with Crippen molar-refractivity contribution in [3.63, 3.8) is 0 Å². The van der Waals surface area contributed by atoms with Crippen LogP contribution < -0.4 is 5.32 Å². The number of piperidine rings is 1. The van der Waals surface area contributed by atoms with Gasteiger partial charge < -0.3 is 0 Å². The van der Waals surface area contributed by atoms with E-state index >= 15 is 0 Å². The minimum atomic E-state index is 0.834. The zero-order chi connectivity index (χ0) is 6.81. The third-order valence-corrected chi connectivity index (χ3v) is 2.59. The van der Waals surface area contributed by atoms with E-state index in [0.717, 1.165) is 19.1 Å². The second-order valence-electron chi connectivity index (χ2n) is 3.34. The van der Waals surface area contributed by atoms with E-state index in [2.05, 4.69) is 10.2 Å². The Morgan fingerprint density at radius 3 is 2.20 bits per heavy atom. The first-order valence-electron chi connectivity index (χ1n) is 4.34. The molecule has 2 aliphatic rings. The largest absolute Gasteiger partial charge is 0.298 e. The first kappa shape index (κ1) is 6.62. The number of rotatable bonds is 1. The first-order valence-corrected chi connectivity index (χ1v) is 4.34. The summed E-state index contributed by atoms with van der Waals surface area (Å²) in [5.74, 6) is 0. The van der Waals surface area contributed by atoms with Gasteiger partial charge in [-0.25, -0.2) is 5.32 Å². The SMILES string of the molecule is C1CCN(C2C[N]C2)CC1. The van der Waals surface area contributed by atoms with Gasteiger partial charge in [-0.1, -0.05) is 6.42 Å². The van der Waals surface area contributed by atoms with Crippen LogP contribution >= 0.6 is 0 Å². The van der Waals surface area contributed by atoms with Crippen molar-refractivity contribution in [1.82, 2.24) is 10.2 Å². The summed E-state index contributed by atoms with van der Waals surface area (Å²) in [6.07, 6.45) is 4.27. The summed E-state index contributed by atoms with van der Waals surface area (Å²) in [5.41, 5.74) is 0. The van der Waals surface area contributed by atoms with Crippen molar-refractivity contribution in [2.75, 3.05) is 26.2 Å². The van der Waals surface area contributed by atoms with E-state index in [1.54, 1.807) is 0 Å². The molecule has 0 atom stereocenters. The molecule has 0 N–H and O–H groups in total. The predicted molar refractivity (Wildman–Crippen MR) is 41.1 cm³/mol. The molecule has 0 aromatic heterocycles. The van der Waals surface area contributed by atoms with Gasteiger partial charge in [0, 0.05) is 19.1 Å². The highest BCUT2D eigenvalue weighted by Gasteiger charge is 2.25. The van der Waals surface area contributed by atoms with Crippen LogP contribution in [0.15, 0.2) is 0 Å². The molecule has 57 valence electrons. The molecule has 0 aliphatic carbocycles. The summed E-state index contributed by atoms with van der Waals surface area (Å²) >= 11 is 0. The van der Waals surface area contributed by atoms with Crippen molar-refractivity contribution in [3.05, 3.63) is 0 Å². The molecule has 2 aliphatic heterocycles. The van der Waals surface area contributed by atoms with Gasteiger partial charge in [-0.2, -0.15) is 0 Å². The molecule has 2 heterocycles. The molecule has 1 radical (unpaired) electrons. The second kappa shape index (κ2) is 2.89. The monoisotopic (exact) mass is 139 g/mol. The van der Waals surface area contributed by atoms with E-state index < -0.39 is 0 Å². The fourth-order valence-corrected chi connectivity index (χ4v) is 1.76. The molecule has 0 spiro atoms. The van der Waals surface area contributed by atoms with Gasteiger partial charge in [0.15, 0.2) is 0 Å². The lowest BCUT2D eigenvalue weighted by Crippen LogP contribution is -2.54. The van der Waals surface area contributed by atoms with Gasteiger partial charge >= 0.3 is 0 Å². The topological polar surface area (TPSA) is 17.3 Å². The lowest BCUT2D eigenvalue weighted by Gasteiger charge is -2.39. The van der Waals surface area contributed by atoms with Gasteiger partial charge in [0.2, 0.25) is 0 Å². The molecule has 0 amide bonds. The van der Waals surface area contributed by atoms with Crippen molar-refractivity contribution in [1.29, 1.82) is 0 Å². The van der Waals surface area contributed by atoms with E-state index in [1.165, 1.54) is 32.4 Å². The number of likely N-dealkylation sites (tertiary alicyclic amines) is 1. The highest BCUT2D eigenvalue weighted by atomic mass is 15.2. The normalized spacial score (nSPS) is 30.0.